The molecule has 1 aliphatic heterocycles. The van der Waals surface area contributed by atoms with E-state index in [9.17, 15) is 8.42 Å². The lowest BCUT2D eigenvalue weighted by Gasteiger charge is -2.34. The van der Waals surface area contributed by atoms with Gasteiger partial charge in [-0.15, -0.1) is 0 Å². The van der Waals surface area contributed by atoms with Crippen LogP contribution in [0.15, 0.2) is 53.7 Å². The van der Waals surface area contributed by atoms with E-state index in [-0.39, 0.29) is 0 Å². The summed E-state index contributed by atoms with van der Waals surface area (Å²) in [6.45, 7) is 7.44. The Kier molecular flexibility index (Phi) is 4.56. The number of nitrogens with zero attached hydrogens (tertiary/aromatic N) is 3. The molecule has 1 aromatic carbocycles. The second-order valence-corrected chi connectivity index (χ2v) is 9.83. The molecular weight excluding hydrogens is 358 g/mol. The quantitative estimate of drug-likeness (QED) is 0.687. The van der Waals surface area contributed by atoms with E-state index in [2.05, 4.69) is 18.8 Å². The van der Waals surface area contributed by atoms with Crippen molar-refractivity contribution in [1.82, 2.24) is 13.7 Å². The number of fused-ring (bicyclic) bond motifs is 1. The van der Waals surface area contributed by atoms with Gasteiger partial charge in [-0.1, -0.05) is 26.0 Å². The molecule has 0 saturated carbocycles. The lowest BCUT2D eigenvalue weighted by atomic mass is 9.94. The monoisotopic (exact) mass is 383 g/mol. The van der Waals surface area contributed by atoms with Gasteiger partial charge in [-0.25, -0.2) is 13.4 Å². The van der Waals surface area contributed by atoms with Crippen LogP contribution in [-0.4, -0.2) is 35.2 Å². The molecule has 5 nitrogen and oxygen atoms in total. The lowest BCUT2D eigenvalue weighted by molar-refractivity contribution is 0.222. The summed E-state index contributed by atoms with van der Waals surface area (Å²) >= 11 is 0. The van der Waals surface area contributed by atoms with Gasteiger partial charge in [-0.2, -0.15) is 4.31 Å². The first-order valence-corrected chi connectivity index (χ1v) is 10.8. The maximum Gasteiger partial charge on any atom is 0.243 e. The molecule has 0 N–H and O–H groups in total. The zero-order chi connectivity index (χ0) is 19.2. The van der Waals surface area contributed by atoms with E-state index < -0.39 is 10.0 Å². The minimum atomic E-state index is -3.50. The molecule has 27 heavy (non-hydrogen) atoms. The van der Waals surface area contributed by atoms with Gasteiger partial charge in [0.2, 0.25) is 10.0 Å². The molecule has 0 unspecified atom stereocenters. The van der Waals surface area contributed by atoms with E-state index in [4.69, 9.17) is 0 Å². The third-order valence-corrected chi connectivity index (χ3v) is 7.05. The Balaban J connectivity index is 1.71. The largest absolute Gasteiger partial charge is 0.306 e. The molecule has 0 amide bonds. The van der Waals surface area contributed by atoms with Crippen LogP contribution in [0.2, 0.25) is 0 Å². The molecule has 1 fully saturated rings. The van der Waals surface area contributed by atoms with Gasteiger partial charge in [0.25, 0.3) is 0 Å². The molecule has 1 aliphatic rings. The van der Waals surface area contributed by atoms with E-state index >= 15 is 0 Å². The number of imidazole rings is 1. The SMILES string of the molecule is Cc1ccn2cc(-c3cccc(S(=O)(=O)N4C[C@H](C)C[C@@H](C)C4)c3)nc2c1. The molecule has 2 atom stereocenters. The van der Waals surface area contributed by atoms with Crippen molar-refractivity contribution in [2.75, 3.05) is 13.1 Å². The molecule has 6 heteroatoms. The number of rotatable bonds is 3. The molecule has 1 saturated heterocycles. The summed E-state index contributed by atoms with van der Waals surface area (Å²) in [5.74, 6) is 0.766. The fourth-order valence-electron chi connectivity index (χ4n) is 3.99. The van der Waals surface area contributed by atoms with Gasteiger partial charge in [0.1, 0.15) is 5.65 Å². The highest BCUT2D eigenvalue weighted by Crippen LogP contribution is 2.29. The van der Waals surface area contributed by atoms with Crippen molar-refractivity contribution < 1.29 is 8.42 Å². The van der Waals surface area contributed by atoms with E-state index in [1.807, 2.05) is 41.9 Å². The van der Waals surface area contributed by atoms with Crippen molar-refractivity contribution in [3.8, 4) is 11.3 Å². The molecule has 3 aromatic rings. The molecule has 2 aromatic heterocycles. The van der Waals surface area contributed by atoms with Crippen molar-refractivity contribution in [2.45, 2.75) is 32.1 Å². The Bertz CT molecular complexity index is 1080. The number of aromatic nitrogens is 2. The van der Waals surface area contributed by atoms with Crippen LogP contribution in [0, 0.1) is 18.8 Å². The Morgan fingerprint density at radius 1 is 1.07 bits per heavy atom. The number of piperidine rings is 1. The molecule has 4 rings (SSSR count). The number of aryl methyl sites for hydroxylation is 1. The standard InChI is InChI=1S/C21H25N3O2S/c1-15-7-8-23-14-20(22-21(23)10-15)18-5-4-6-19(11-18)27(25,26)24-12-16(2)9-17(3)13-24/h4-8,10-11,14,16-17H,9,12-13H2,1-3H3/t16-,17-/m1/s1. The average molecular weight is 384 g/mol. The Morgan fingerprint density at radius 2 is 1.81 bits per heavy atom. The molecule has 0 bridgehead atoms. The van der Waals surface area contributed by atoms with Gasteiger partial charge in [-0.05, 0) is 55.0 Å². The summed E-state index contributed by atoms with van der Waals surface area (Å²) in [6.07, 6.45) is 4.98. The second-order valence-electron chi connectivity index (χ2n) is 7.89. The number of benzene rings is 1. The predicted octanol–water partition coefficient (Wildman–Crippen LogP) is 3.98. The van der Waals surface area contributed by atoms with Gasteiger partial charge >= 0.3 is 0 Å². The maximum atomic E-state index is 13.2. The van der Waals surface area contributed by atoms with Crippen LogP contribution in [0.4, 0.5) is 0 Å². The zero-order valence-corrected chi connectivity index (χ0v) is 16.8. The van der Waals surface area contributed by atoms with Crippen molar-refractivity contribution in [3.05, 3.63) is 54.4 Å². The van der Waals surface area contributed by atoms with Crippen LogP contribution in [0.5, 0.6) is 0 Å². The molecule has 0 aliphatic carbocycles. The summed E-state index contributed by atoms with van der Waals surface area (Å²) in [6, 6.07) is 11.2. The minimum Gasteiger partial charge on any atom is -0.306 e. The minimum absolute atomic E-state index is 0.342. The number of pyridine rings is 1. The van der Waals surface area contributed by atoms with Gasteiger partial charge in [0, 0.05) is 31.0 Å². The zero-order valence-electron chi connectivity index (χ0n) is 16.0. The number of sulfonamides is 1. The topological polar surface area (TPSA) is 54.7 Å². The van der Waals surface area contributed by atoms with Crippen LogP contribution in [0.3, 0.4) is 0 Å². The van der Waals surface area contributed by atoms with Crippen LogP contribution in [-0.2, 0) is 10.0 Å². The summed E-state index contributed by atoms with van der Waals surface area (Å²) in [7, 11) is -3.50. The highest BCUT2D eigenvalue weighted by atomic mass is 32.2. The normalized spacial score (nSPS) is 21.6. The van der Waals surface area contributed by atoms with E-state index in [0.717, 1.165) is 28.9 Å². The maximum absolute atomic E-state index is 13.2. The van der Waals surface area contributed by atoms with Gasteiger partial charge < -0.3 is 4.40 Å². The summed E-state index contributed by atoms with van der Waals surface area (Å²) in [4.78, 5) is 5.00. The third kappa shape index (κ3) is 3.51. The fraction of sp³-hybridized carbons (Fsp3) is 0.381. The summed E-state index contributed by atoms with van der Waals surface area (Å²) < 4.78 is 30.0. The fourth-order valence-corrected chi connectivity index (χ4v) is 5.72. The number of hydrogen-bond donors (Lipinski definition) is 0. The van der Waals surface area contributed by atoms with Gasteiger partial charge in [0.05, 0.1) is 10.6 Å². The highest BCUT2D eigenvalue weighted by Gasteiger charge is 2.31. The Hall–Kier alpha value is -2.18. The van der Waals surface area contributed by atoms with Crippen molar-refractivity contribution >= 4 is 15.7 Å². The smallest absolute Gasteiger partial charge is 0.243 e. The van der Waals surface area contributed by atoms with Gasteiger partial charge in [-0.3, -0.25) is 0 Å². The second kappa shape index (κ2) is 6.77. The first-order valence-electron chi connectivity index (χ1n) is 9.39. The molecular formula is C21H25N3O2S. The van der Waals surface area contributed by atoms with Crippen LogP contribution in [0.25, 0.3) is 16.9 Å². The highest BCUT2D eigenvalue weighted by molar-refractivity contribution is 7.89. The first-order chi connectivity index (χ1) is 12.8. The summed E-state index contributed by atoms with van der Waals surface area (Å²) in [5, 5.41) is 0. The van der Waals surface area contributed by atoms with Crippen molar-refractivity contribution in [2.24, 2.45) is 11.8 Å². The number of hydrogen-bond acceptors (Lipinski definition) is 3. The molecule has 142 valence electrons. The predicted molar refractivity (Wildman–Crippen MR) is 107 cm³/mol. The first kappa shape index (κ1) is 18.2. The third-order valence-electron chi connectivity index (χ3n) is 5.22. The van der Waals surface area contributed by atoms with E-state index in [1.54, 1.807) is 22.5 Å². The molecule has 0 spiro atoms. The molecule has 0 radical (unpaired) electrons. The van der Waals surface area contributed by atoms with Crippen molar-refractivity contribution in [3.63, 3.8) is 0 Å². The lowest BCUT2D eigenvalue weighted by Crippen LogP contribution is -2.42. The average Bonchev–Trinajstić information content (AvgIpc) is 3.04. The van der Waals surface area contributed by atoms with Gasteiger partial charge in [0.15, 0.2) is 0 Å². The van der Waals surface area contributed by atoms with Crippen molar-refractivity contribution in [1.29, 1.82) is 0 Å². The Labute approximate surface area is 160 Å². The van der Waals surface area contributed by atoms with E-state index in [1.165, 1.54) is 0 Å². The summed E-state index contributed by atoms with van der Waals surface area (Å²) in [5.41, 5.74) is 3.59. The van der Waals surface area contributed by atoms with E-state index in [0.29, 0.717) is 29.8 Å². The molecule has 3 heterocycles. The van der Waals surface area contributed by atoms with Crippen LogP contribution >= 0.6 is 0 Å². The Morgan fingerprint density at radius 3 is 2.56 bits per heavy atom. The van der Waals surface area contributed by atoms with Crippen LogP contribution in [0.1, 0.15) is 25.8 Å². The van der Waals surface area contributed by atoms with Crippen LogP contribution < -0.4 is 0 Å².